The van der Waals surface area contributed by atoms with Crippen molar-refractivity contribution in [1.82, 2.24) is 0 Å². The third-order valence-corrected chi connectivity index (χ3v) is 3.06. The van der Waals surface area contributed by atoms with Gasteiger partial charge >= 0.3 is 0 Å². The highest BCUT2D eigenvalue weighted by molar-refractivity contribution is 8.00. The van der Waals surface area contributed by atoms with E-state index in [1.165, 1.54) is 12.8 Å². The first-order valence-corrected chi connectivity index (χ1v) is 5.25. The molecule has 0 aromatic heterocycles. The molecule has 2 unspecified atom stereocenters. The summed E-state index contributed by atoms with van der Waals surface area (Å²) in [5.74, 6) is 1.41. The van der Waals surface area contributed by atoms with Crippen molar-refractivity contribution >= 4 is 11.8 Å². The van der Waals surface area contributed by atoms with Crippen LogP contribution in [0.1, 0.15) is 26.7 Å². The van der Waals surface area contributed by atoms with Gasteiger partial charge in [0.25, 0.3) is 0 Å². The zero-order valence-corrected chi connectivity index (χ0v) is 8.36. The van der Waals surface area contributed by atoms with Crippen molar-refractivity contribution in [1.29, 1.82) is 0 Å². The summed E-state index contributed by atoms with van der Waals surface area (Å²) in [6.45, 7) is 8.28. The van der Waals surface area contributed by atoms with Crippen LogP contribution < -0.4 is 5.73 Å². The second-order valence-corrected chi connectivity index (χ2v) is 4.01. The maximum atomic E-state index is 5.45. The van der Waals surface area contributed by atoms with Gasteiger partial charge in [0.2, 0.25) is 0 Å². The second-order valence-electron chi connectivity index (χ2n) is 2.80. The largest absolute Gasteiger partial charge is 0.322 e. The van der Waals surface area contributed by atoms with Gasteiger partial charge in [-0.3, -0.25) is 0 Å². The predicted molar refractivity (Wildman–Crippen MR) is 54.7 cm³/mol. The van der Waals surface area contributed by atoms with E-state index in [0.717, 1.165) is 0 Å². The van der Waals surface area contributed by atoms with Gasteiger partial charge in [-0.05, 0) is 12.3 Å². The molecule has 0 rings (SSSR count). The number of rotatable bonds is 6. The zero-order chi connectivity index (χ0) is 8.69. The Hall–Kier alpha value is 0.0500. The molecule has 0 bridgehead atoms. The molecule has 0 aliphatic heterocycles. The normalized spacial score (nSPS) is 15.9. The first kappa shape index (κ1) is 11.1. The van der Waals surface area contributed by atoms with Crippen LogP contribution in [0.5, 0.6) is 0 Å². The Morgan fingerprint density at radius 2 is 2.27 bits per heavy atom. The van der Waals surface area contributed by atoms with Crippen LogP contribution in [-0.2, 0) is 0 Å². The van der Waals surface area contributed by atoms with E-state index in [-0.39, 0.29) is 0 Å². The highest BCUT2D eigenvalue weighted by Crippen LogP contribution is 2.22. The van der Waals surface area contributed by atoms with E-state index < -0.39 is 0 Å². The molecule has 66 valence electrons. The molecule has 0 aromatic carbocycles. The molecule has 0 radical (unpaired) electrons. The molecule has 2 N–H and O–H groups in total. The number of hydrogen-bond donors (Lipinski definition) is 1. The minimum Gasteiger partial charge on any atom is -0.322 e. The standard InChI is InChI=1S/C9H19NS/c1-4-6-8(3)9(5-2)11-7-10/h5,8-9H,2,4,6-7,10H2,1,3H3. The van der Waals surface area contributed by atoms with Gasteiger partial charge in [-0.25, -0.2) is 0 Å². The Morgan fingerprint density at radius 3 is 2.64 bits per heavy atom. The Balaban J connectivity index is 3.70. The molecule has 0 saturated carbocycles. The van der Waals surface area contributed by atoms with Crippen LogP contribution in [0.15, 0.2) is 12.7 Å². The highest BCUT2D eigenvalue weighted by Gasteiger charge is 2.11. The molecular weight excluding hydrogens is 154 g/mol. The molecule has 0 aromatic rings. The average Bonchev–Trinajstić information content (AvgIpc) is 2.00. The molecule has 2 heteroatoms. The minimum atomic E-state index is 0.542. The third-order valence-electron chi connectivity index (χ3n) is 1.83. The Bertz CT molecular complexity index is 104. The fourth-order valence-electron chi connectivity index (χ4n) is 1.20. The van der Waals surface area contributed by atoms with Crippen LogP contribution >= 0.6 is 11.8 Å². The molecule has 0 spiro atoms. The monoisotopic (exact) mass is 173 g/mol. The fourth-order valence-corrected chi connectivity index (χ4v) is 2.02. The fraction of sp³-hybridized carbons (Fsp3) is 0.778. The summed E-state index contributed by atoms with van der Waals surface area (Å²) in [6, 6.07) is 0. The van der Waals surface area contributed by atoms with Crippen LogP contribution in [0.3, 0.4) is 0 Å². The van der Waals surface area contributed by atoms with Crippen LogP contribution in [0.4, 0.5) is 0 Å². The number of thioether (sulfide) groups is 1. The summed E-state index contributed by atoms with van der Waals surface area (Å²) in [5.41, 5.74) is 5.45. The predicted octanol–water partition coefficient (Wildman–Crippen LogP) is 2.63. The Morgan fingerprint density at radius 1 is 1.64 bits per heavy atom. The van der Waals surface area contributed by atoms with Crippen molar-refractivity contribution in [2.75, 3.05) is 5.88 Å². The summed E-state index contributed by atoms with van der Waals surface area (Å²) in [7, 11) is 0. The second kappa shape index (κ2) is 6.74. The van der Waals surface area contributed by atoms with Gasteiger partial charge in [-0.15, -0.1) is 18.3 Å². The van der Waals surface area contributed by atoms with Crippen LogP contribution in [0, 0.1) is 5.92 Å². The van der Waals surface area contributed by atoms with Gasteiger partial charge in [0.05, 0.1) is 0 Å². The lowest BCUT2D eigenvalue weighted by Crippen LogP contribution is -2.13. The quantitative estimate of drug-likeness (QED) is 0.493. The van der Waals surface area contributed by atoms with E-state index in [2.05, 4.69) is 20.4 Å². The minimum absolute atomic E-state index is 0.542. The van der Waals surface area contributed by atoms with Crippen molar-refractivity contribution in [3.05, 3.63) is 12.7 Å². The summed E-state index contributed by atoms with van der Waals surface area (Å²) < 4.78 is 0. The van der Waals surface area contributed by atoms with E-state index in [0.29, 0.717) is 17.0 Å². The Labute approximate surface area is 74.4 Å². The first-order valence-electron chi connectivity index (χ1n) is 4.20. The highest BCUT2D eigenvalue weighted by atomic mass is 32.2. The van der Waals surface area contributed by atoms with Gasteiger partial charge in [-0.2, -0.15) is 0 Å². The van der Waals surface area contributed by atoms with Crippen LogP contribution in [0.25, 0.3) is 0 Å². The van der Waals surface area contributed by atoms with E-state index >= 15 is 0 Å². The SMILES string of the molecule is C=CC(SCN)C(C)CCC. The van der Waals surface area contributed by atoms with Gasteiger partial charge in [-0.1, -0.05) is 26.3 Å². The molecule has 2 atom stereocenters. The maximum absolute atomic E-state index is 5.45. The van der Waals surface area contributed by atoms with Crippen LogP contribution in [-0.4, -0.2) is 11.1 Å². The van der Waals surface area contributed by atoms with E-state index in [4.69, 9.17) is 5.73 Å². The Kier molecular flexibility index (Phi) is 6.77. The third kappa shape index (κ3) is 4.49. The molecule has 11 heavy (non-hydrogen) atoms. The number of nitrogens with two attached hydrogens (primary N) is 1. The lowest BCUT2D eigenvalue weighted by Gasteiger charge is -2.18. The lowest BCUT2D eigenvalue weighted by atomic mass is 10.0. The van der Waals surface area contributed by atoms with Crippen molar-refractivity contribution in [3.8, 4) is 0 Å². The van der Waals surface area contributed by atoms with E-state index in [1.807, 2.05) is 6.08 Å². The smallest absolute Gasteiger partial charge is 0.0398 e. The van der Waals surface area contributed by atoms with Crippen molar-refractivity contribution in [2.45, 2.75) is 31.9 Å². The van der Waals surface area contributed by atoms with Crippen molar-refractivity contribution in [3.63, 3.8) is 0 Å². The van der Waals surface area contributed by atoms with Gasteiger partial charge < -0.3 is 5.73 Å². The lowest BCUT2D eigenvalue weighted by molar-refractivity contribution is 0.542. The summed E-state index contributed by atoms with van der Waals surface area (Å²) >= 11 is 1.78. The topological polar surface area (TPSA) is 26.0 Å². The molecule has 0 aliphatic rings. The molecule has 0 aliphatic carbocycles. The molecule has 0 heterocycles. The summed E-state index contributed by atoms with van der Waals surface area (Å²) in [5, 5.41) is 0.542. The van der Waals surface area contributed by atoms with Crippen molar-refractivity contribution in [2.24, 2.45) is 11.7 Å². The average molecular weight is 173 g/mol. The summed E-state index contributed by atoms with van der Waals surface area (Å²) in [6.07, 6.45) is 4.53. The molecule has 1 nitrogen and oxygen atoms in total. The molecular formula is C9H19NS. The molecule has 0 amide bonds. The van der Waals surface area contributed by atoms with Gasteiger partial charge in [0.1, 0.15) is 0 Å². The number of hydrogen-bond acceptors (Lipinski definition) is 2. The van der Waals surface area contributed by atoms with Crippen molar-refractivity contribution < 1.29 is 0 Å². The van der Waals surface area contributed by atoms with Gasteiger partial charge in [0.15, 0.2) is 0 Å². The first-order chi connectivity index (χ1) is 5.26. The summed E-state index contributed by atoms with van der Waals surface area (Å²) in [4.78, 5) is 0. The van der Waals surface area contributed by atoms with Gasteiger partial charge in [0, 0.05) is 11.1 Å². The molecule has 0 saturated heterocycles. The van der Waals surface area contributed by atoms with Crippen LogP contribution in [0.2, 0.25) is 0 Å². The zero-order valence-electron chi connectivity index (χ0n) is 7.55. The maximum Gasteiger partial charge on any atom is 0.0398 e. The van der Waals surface area contributed by atoms with E-state index in [1.54, 1.807) is 11.8 Å². The molecule has 0 fully saturated rings. The van der Waals surface area contributed by atoms with E-state index in [9.17, 15) is 0 Å².